The van der Waals surface area contributed by atoms with Crippen molar-refractivity contribution in [2.45, 2.75) is 0 Å². The zero-order chi connectivity index (χ0) is 13.7. The number of ether oxygens (including phenoxy) is 1. The van der Waals surface area contributed by atoms with Crippen molar-refractivity contribution < 1.29 is 9.15 Å². The number of hydrogen-bond acceptors (Lipinski definition) is 6. The van der Waals surface area contributed by atoms with Crippen LogP contribution in [0.3, 0.4) is 0 Å². The SMILES string of the molecule is COCCSCCNc1cc(=S)c2scc(Br)c2o1. The number of nitrogens with one attached hydrogen (secondary N) is 1. The van der Waals surface area contributed by atoms with Crippen molar-refractivity contribution in [2.24, 2.45) is 0 Å². The standard InChI is InChI=1S/C12H14BrNO2S3/c1-15-3-5-18-4-2-14-10-6-9(17)12-11(16-10)8(13)7-19-12/h6-7,14H,2-5H2,1H3. The van der Waals surface area contributed by atoms with Crippen LogP contribution in [0, 0.1) is 4.51 Å². The van der Waals surface area contributed by atoms with Crippen LogP contribution in [-0.2, 0) is 4.74 Å². The Kier molecular flexibility index (Phi) is 6.15. The molecule has 2 heterocycles. The number of halogens is 1. The Hall–Kier alpha value is -0.0800. The summed E-state index contributed by atoms with van der Waals surface area (Å²) in [4.78, 5) is 0. The molecule has 2 rings (SSSR count). The zero-order valence-corrected chi connectivity index (χ0v) is 14.4. The van der Waals surface area contributed by atoms with Crippen molar-refractivity contribution in [1.29, 1.82) is 0 Å². The van der Waals surface area contributed by atoms with E-state index in [1.54, 1.807) is 18.4 Å². The molecule has 3 nitrogen and oxygen atoms in total. The van der Waals surface area contributed by atoms with Crippen LogP contribution in [0.2, 0.25) is 0 Å². The average molecular weight is 380 g/mol. The molecular weight excluding hydrogens is 366 g/mol. The minimum absolute atomic E-state index is 0.726. The maximum Gasteiger partial charge on any atom is 0.195 e. The second-order valence-corrected chi connectivity index (χ2v) is 7.15. The maximum atomic E-state index is 5.79. The van der Waals surface area contributed by atoms with Crippen LogP contribution in [0.25, 0.3) is 10.3 Å². The summed E-state index contributed by atoms with van der Waals surface area (Å²) >= 11 is 12.3. The number of fused-ring (bicyclic) bond motifs is 1. The number of thioether (sulfide) groups is 1. The summed E-state index contributed by atoms with van der Waals surface area (Å²) in [6.07, 6.45) is 0. The van der Waals surface area contributed by atoms with Gasteiger partial charge in [-0.15, -0.1) is 11.3 Å². The van der Waals surface area contributed by atoms with Gasteiger partial charge in [0.1, 0.15) is 0 Å². The van der Waals surface area contributed by atoms with E-state index in [4.69, 9.17) is 21.4 Å². The zero-order valence-electron chi connectivity index (χ0n) is 10.4. The Balaban J connectivity index is 1.94. The summed E-state index contributed by atoms with van der Waals surface area (Å²) in [5, 5.41) is 5.25. The van der Waals surface area contributed by atoms with Crippen molar-refractivity contribution in [3.63, 3.8) is 0 Å². The Bertz CT molecular complexity index is 596. The number of methoxy groups -OCH3 is 1. The van der Waals surface area contributed by atoms with Gasteiger partial charge in [0.2, 0.25) is 0 Å². The molecule has 0 saturated heterocycles. The van der Waals surface area contributed by atoms with Crippen LogP contribution in [-0.4, -0.2) is 31.8 Å². The van der Waals surface area contributed by atoms with Crippen LogP contribution in [0.5, 0.6) is 0 Å². The van der Waals surface area contributed by atoms with Crippen molar-refractivity contribution in [3.05, 3.63) is 20.4 Å². The lowest BCUT2D eigenvalue weighted by molar-refractivity contribution is 0.218. The van der Waals surface area contributed by atoms with Gasteiger partial charge >= 0.3 is 0 Å². The molecule has 0 amide bonds. The third-order valence-electron chi connectivity index (χ3n) is 2.38. The van der Waals surface area contributed by atoms with Gasteiger partial charge in [0, 0.05) is 36.6 Å². The average Bonchev–Trinajstić information content (AvgIpc) is 2.76. The van der Waals surface area contributed by atoms with Crippen molar-refractivity contribution in [1.82, 2.24) is 0 Å². The van der Waals surface area contributed by atoms with E-state index in [-0.39, 0.29) is 0 Å². The maximum absolute atomic E-state index is 5.79. The highest BCUT2D eigenvalue weighted by atomic mass is 79.9. The highest BCUT2D eigenvalue weighted by Gasteiger charge is 2.07. The van der Waals surface area contributed by atoms with Gasteiger partial charge in [0.05, 0.1) is 20.3 Å². The lowest BCUT2D eigenvalue weighted by Crippen LogP contribution is -2.05. The highest BCUT2D eigenvalue weighted by molar-refractivity contribution is 9.10. The molecule has 0 aliphatic heterocycles. The second-order valence-electron chi connectivity index (χ2n) is 3.75. The topological polar surface area (TPSA) is 34.4 Å². The molecule has 0 radical (unpaired) electrons. The molecule has 1 N–H and O–H groups in total. The predicted molar refractivity (Wildman–Crippen MR) is 90.3 cm³/mol. The smallest absolute Gasteiger partial charge is 0.195 e. The van der Waals surface area contributed by atoms with Crippen LogP contribution in [0.1, 0.15) is 0 Å². The van der Waals surface area contributed by atoms with E-state index < -0.39 is 0 Å². The molecule has 2 aromatic rings. The van der Waals surface area contributed by atoms with E-state index in [9.17, 15) is 0 Å². The molecule has 0 atom stereocenters. The Labute approximate surface area is 133 Å². The van der Waals surface area contributed by atoms with Gasteiger partial charge in [-0.2, -0.15) is 11.8 Å². The van der Waals surface area contributed by atoms with E-state index in [0.29, 0.717) is 0 Å². The van der Waals surface area contributed by atoms with Gasteiger partial charge in [0.15, 0.2) is 11.5 Å². The van der Waals surface area contributed by atoms with E-state index in [0.717, 1.165) is 49.8 Å². The molecule has 0 aliphatic carbocycles. The minimum Gasteiger partial charge on any atom is -0.439 e. The Morgan fingerprint density at radius 2 is 2.37 bits per heavy atom. The monoisotopic (exact) mass is 379 g/mol. The molecule has 0 saturated carbocycles. The molecule has 2 aromatic heterocycles. The van der Waals surface area contributed by atoms with E-state index >= 15 is 0 Å². The van der Waals surface area contributed by atoms with E-state index in [1.165, 1.54) is 0 Å². The first-order valence-electron chi connectivity index (χ1n) is 5.74. The van der Waals surface area contributed by atoms with Gasteiger partial charge in [-0.05, 0) is 15.9 Å². The van der Waals surface area contributed by atoms with Crippen molar-refractivity contribution >= 4 is 67.4 Å². The Morgan fingerprint density at radius 1 is 1.53 bits per heavy atom. The van der Waals surface area contributed by atoms with E-state index in [1.807, 2.05) is 23.2 Å². The number of rotatable bonds is 7. The summed E-state index contributed by atoms with van der Waals surface area (Å²) in [5.74, 6) is 2.74. The summed E-state index contributed by atoms with van der Waals surface area (Å²) in [6.45, 7) is 1.64. The summed E-state index contributed by atoms with van der Waals surface area (Å²) in [6, 6.07) is 1.88. The van der Waals surface area contributed by atoms with Crippen LogP contribution in [0.4, 0.5) is 5.88 Å². The summed E-state index contributed by atoms with van der Waals surface area (Å²) < 4.78 is 13.6. The largest absolute Gasteiger partial charge is 0.439 e. The van der Waals surface area contributed by atoms with Crippen molar-refractivity contribution in [3.8, 4) is 0 Å². The number of anilines is 1. The number of thiophene rings is 1. The normalized spacial score (nSPS) is 11.1. The lowest BCUT2D eigenvalue weighted by Gasteiger charge is -2.05. The second kappa shape index (κ2) is 7.64. The summed E-state index contributed by atoms with van der Waals surface area (Å²) in [7, 11) is 1.72. The third kappa shape index (κ3) is 4.19. The molecule has 0 aliphatic rings. The molecular formula is C12H14BrNO2S3. The van der Waals surface area contributed by atoms with E-state index in [2.05, 4.69) is 21.2 Å². The molecule has 0 bridgehead atoms. The molecule has 0 unspecified atom stereocenters. The highest BCUT2D eigenvalue weighted by Crippen LogP contribution is 2.33. The fraction of sp³-hybridized carbons (Fsp3) is 0.417. The van der Waals surface area contributed by atoms with Crippen molar-refractivity contribution in [2.75, 3.05) is 37.1 Å². The van der Waals surface area contributed by atoms with Crippen LogP contribution >= 0.6 is 51.2 Å². The molecule has 0 aromatic carbocycles. The van der Waals surface area contributed by atoms with Crippen LogP contribution < -0.4 is 5.32 Å². The quantitative estimate of drug-likeness (QED) is 0.553. The fourth-order valence-electron chi connectivity index (χ4n) is 1.49. The first kappa shape index (κ1) is 15.3. The van der Waals surface area contributed by atoms with Gasteiger partial charge in [0.25, 0.3) is 0 Å². The molecule has 7 heteroatoms. The van der Waals surface area contributed by atoms with Gasteiger partial charge < -0.3 is 14.5 Å². The van der Waals surface area contributed by atoms with Crippen LogP contribution in [0.15, 0.2) is 20.3 Å². The molecule has 0 fully saturated rings. The first-order chi connectivity index (χ1) is 9.22. The first-order valence-corrected chi connectivity index (χ1v) is 8.97. The minimum atomic E-state index is 0.726. The predicted octanol–water partition coefficient (Wildman–Crippen LogP) is 4.78. The lowest BCUT2D eigenvalue weighted by atomic mass is 10.4. The molecule has 104 valence electrons. The number of hydrogen-bond donors (Lipinski definition) is 1. The Morgan fingerprint density at radius 3 is 3.16 bits per heavy atom. The molecule has 0 spiro atoms. The van der Waals surface area contributed by atoms with Gasteiger partial charge in [-0.3, -0.25) is 0 Å². The third-order valence-corrected chi connectivity index (χ3v) is 5.66. The van der Waals surface area contributed by atoms with Gasteiger partial charge in [-0.1, -0.05) is 12.2 Å². The van der Waals surface area contributed by atoms with Gasteiger partial charge in [-0.25, -0.2) is 0 Å². The fourth-order valence-corrected chi connectivity index (χ4v) is 4.03. The molecule has 19 heavy (non-hydrogen) atoms. The summed E-state index contributed by atoms with van der Waals surface area (Å²) in [5.41, 5.74) is 0.826.